The molecule has 1 fully saturated rings. The van der Waals surface area contributed by atoms with Gasteiger partial charge in [-0.2, -0.15) is 0 Å². The Hall–Kier alpha value is -0.820. The molecule has 1 N–H and O–H groups in total. The van der Waals surface area contributed by atoms with Crippen LogP contribution < -0.4 is 5.32 Å². The average molecular weight is 271 g/mol. The highest BCUT2D eigenvalue weighted by Crippen LogP contribution is 2.40. The molecule has 2 aliphatic carbocycles. The van der Waals surface area contributed by atoms with E-state index >= 15 is 0 Å². The molecule has 3 rings (SSSR count). The normalized spacial score (nSPS) is 31.0. The second-order valence-corrected chi connectivity index (χ2v) is 6.99. The first-order chi connectivity index (χ1) is 9.79. The quantitative estimate of drug-likeness (QED) is 0.849. The first kappa shape index (κ1) is 14.1. The molecule has 0 aliphatic heterocycles. The number of hydrogen-bond acceptors (Lipinski definition) is 1. The van der Waals surface area contributed by atoms with Gasteiger partial charge < -0.3 is 5.32 Å². The van der Waals surface area contributed by atoms with Gasteiger partial charge in [0.2, 0.25) is 0 Å². The van der Waals surface area contributed by atoms with Crippen molar-refractivity contribution in [3.63, 3.8) is 0 Å². The minimum absolute atomic E-state index is 0.712. The van der Waals surface area contributed by atoms with Crippen molar-refractivity contribution in [1.82, 2.24) is 5.32 Å². The molecular weight excluding hydrogens is 242 g/mol. The number of nitrogens with one attached hydrogen (secondary N) is 1. The summed E-state index contributed by atoms with van der Waals surface area (Å²) in [5, 5.41) is 3.65. The van der Waals surface area contributed by atoms with Crippen LogP contribution in [-0.4, -0.2) is 13.1 Å². The predicted molar refractivity (Wildman–Crippen MR) is 86.1 cm³/mol. The molecule has 1 heteroatoms. The first-order valence-electron chi connectivity index (χ1n) is 8.54. The molecule has 1 saturated carbocycles. The van der Waals surface area contributed by atoms with Gasteiger partial charge in [0.05, 0.1) is 0 Å². The summed E-state index contributed by atoms with van der Waals surface area (Å²) in [5.74, 6) is 2.59. The van der Waals surface area contributed by atoms with Gasteiger partial charge in [0.25, 0.3) is 0 Å². The molecular formula is C19H29N. The van der Waals surface area contributed by atoms with E-state index in [1.807, 2.05) is 0 Å². The van der Waals surface area contributed by atoms with Crippen molar-refractivity contribution in [2.24, 2.45) is 11.8 Å². The second-order valence-electron chi connectivity index (χ2n) is 6.99. The van der Waals surface area contributed by atoms with E-state index in [1.54, 1.807) is 11.1 Å². The van der Waals surface area contributed by atoms with Crippen LogP contribution in [0.2, 0.25) is 0 Å². The van der Waals surface area contributed by atoms with Crippen LogP contribution in [0.25, 0.3) is 0 Å². The molecule has 110 valence electrons. The number of hydrogen-bond donors (Lipinski definition) is 1. The monoisotopic (exact) mass is 271 g/mol. The molecule has 4 atom stereocenters. The van der Waals surface area contributed by atoms with E-state index in [1.165, 1.54) is 44.9 Å². The van der Waals surface area contributed by atoms with Crippen LogP contribution in [0.5, 0.6) is 0 Å². The maximum Gasteiger partial charge on any atom is 0.0101 e. The third-order valence-corrected chi connectivity index (χ3v) is 5.85. The largest absolute Gasteiger partial charge is 0.317 e. The minimum Gasteiger partial charge on any atom is -0.317 e. The van der Waals surface area contributed by atoms with Crippen molar-refractivity contribution in [3.8, 4) is 0 Å². The Morgan fingerprint density at radius 3 is 2.75 bits per heavy atom. The maximum atomic E-state index is 3.65. The van der Waals surface area contributed by atoms with Crippen molar-refractivity contribution < 1.29 is 0 Å². The Labute approximate surface area is 124 Å². The van der Waals surface area contributed by atoms with Gasteiger partial charge in [0, 0.05) is 6.04 Å². The smallest absolute Gasteiger partial charge is 0.0101 e. The molecule has 0 aromatic heterocycles. The van der Waals surface area contributed by atoms with E-state index in [0.29, 0.717) is 6.04 Å². The van der Waals surface area contributed by atoms with Crippen LogP contribution in [-0.2, 0) is 6.42 Å². The van der Waals surface area contributed by atoms with Gasteiger partial charge in [0.1, 0.15) is 0 Å². The van der Waals surface area contributed by atoms with Crippen molar-refractivity contribution in [2.75, 3.05) is 7.05 Å². The third-order valence-electron chi connectivity index (χ3n) is 5.85. The zero-order valence-corrected chi connectivity index (χ0v) is 13.1. The Balaban J connectivity index is 1.73. The summed E-state index contributed by atoms with van der Waals surface area (Å²) in [4.78, 5) is 0. The topological polar surface area (TPSA) is 12.0 Å². The lowest BCUT2D eigenvalue weighted by molar-refractivity contribution is 0.276. The summed E-state index contributed by atoms with van der Waals surface area (Å²) in [6, 6.07) is 9.86. The average Bonchev–Trinajstić information content (AvgIpc) is 2.91. The summed E-state index contributed by atoms with van der Waals surface area (Å²) in [5.41, 5.74) is 3.25. The van der Waals surface area contributed by atoms with Crippen molar-refractivity contribution in [1.29, 1.82) is 0 Å². The Morgan fingerprint density at radius 2 is 2.00 bits per heavy atom. The minimum atomic E-state index is 0.712. The zero-order chi connectivity index (χ0) is 13.9. The van der Waals surface area contributed by atoms with Crippen LogP contribution in [0.3, 0.4) is 0 Å². The van der Waals surface area contributed by atoms with E-state index < -0.39 is 0 Å². The van der Waals surface area contributed by atoms with Crippen molar-refractivity contribution >= 4 is 0 Å². The van der Waals surface area contributed by atoms with Crippen LogP contribution in [0.15, 0.2) is 24.3 Å². The number of fused-ring (bicyclic) bond motifs is 1. The molecule has 4 unspecified atom stereocenters. The van der Waals surface area contributed by atoms with E-state index in [2.05, 4.69) is 43.6 Å². The van der Waals surface area contributed by atoms with E-state index in [4.69, 9.17) is 0 Å². The summed E-state index contributed by atoms with van der Waals surface area (Å²) in [6.45, 7) is 2.46. The molecule has 20 heavy (non-hydrogen) atoms. The highest BCUT2D eigenvalue weighted by atomic mass is 14.9. The van der Waals surface area contributed by atoms with Gasteiger partial charge in [-0.05, 0) is 68.0 Å². The van der Waals surface area contributed by atoms with Gasteiger partial charge in [-0.1, -0.05) is 44.0 Å². The fraction of sp³-hybridized carbons (Fsp3) is 0.684. The molecule has 0 saturated heterocycles. The molecule has 1 aromatic carbocycles. The van der Waals surface area contributed by atoms with Gasteiger partial charge in [-0.15, -0.1) is 0 Å². The highest BCUT2D eigenvalue weighted by molar-refractivity contribution is 5.32. The molecule has 0 heterocycles. The van der Waals surface area contributed by atoms with Gasteiger partial charge in [0.15, 0.2) is 0 Å². The standard InChI is InChI=1S/C19H29N/c1-14-7-5-12-17(14)19(20-2)13-16-10-6-9-15-8-3-4-11-18(15)16/h3-4,8,11,14,16-17,19-20H,5-7,9-10,12-13H2,1-2H3. The van der Waals surface area contributed by atoms with Crippen LogP contribution in [0.1, 0.15) is 62.5 Å². The lowest BCUT2D eigenvalue weighted by atomic mass is 9.76. The second kappa shape index (κ2) is 6.30. The van der Waals surface area contributed by atoms with Crippen molar-refractivity contribution in [2.45, 2.75) is 63.8 Å². The first-order valence-corrected chi connectivity index (χ1v) is 8.54. The Kier molecular flexibility index (Phi) is 4.45. The van der Waals surface area contributed by atoms with E-state index in [0.717, 1.165) is 17.8 Å². The van der Waals surface area contributed by atoms with E-state index in [-0.39, 0.29) is 0 Å². The fourth-order valence-electron chi connectivity index (χ4n) is 4.68. The summed E-state index contributed by atoms with van der Waals surface area (Å²) in [7, 11) is 2.17. The molecule has 0 spiro atoms. The summed E-state index contributed by atoms with van der Waals surface area (Å²) in [6.07, 6.45) is 9.68. The highest BCUT2D eigenvalue weighted by Gasteiger charge is 2.32. The Bertz CT molecular complexity index is 439. The molecule has 1 nitrogen and oxygen atoms in total. The maximum absolute atomic E-state index is 3.65. The third kappa shape index (κ3) is 2.79. The predicted octanol–water partition coefficient (Wildman–Crippen LogP) is 4.52. The SMILES string of the molecule is CNC(CC1CCCc2ccccc21)C1CCCC1C. The molecule has 2 aliphatic rings. The van der Waals surface area contributed by atoms with Crippen LogP contribution in [0, 0.1) is 11.8 Å². The van der Waals surface area contributed by atoms with Crippen LogP contribution in [0.4, 0.5) is 0 Å². The molecule has 0 amide bonds. The van der Waals surface area contributed by atoms with Crippen molar-refractivity contribution in [3.05, 3.63) is 35.4 Å². The lowest BCUT2D eigenvalue weighted by Gasteiger charge is -2.33. The summed E-state index contributed by atoms with van der Waals surface area (Å²) >= 11 is 0. The molecule has 0 bridgehead atoms. The van der Waals surface area contributed by atoms with Gasteiger partial charge in [-0.25, -0.2) is 0 Å². The Morgan fingerprint density at radius 1 is 1.15 bits per heavy atom. The van der Waals surface area contributed by atoms with Gasteiger partial charge in [-0.3, -0.25) is 0 Å². The molecule has 1 aromatic rings. The zero-order valence-electron chi connectivity index (χ0n) is 13.1. The number of rotatable bonds is 4. The van der Waals surface area contributed by atoms with Gasteiger partial charge >= 0.3 is 0 Å². The fourth-order valence-corrected chi connectivity index (χ4v) is 4.68. The summed E-state index contributed by atoms with van der Waals surface area (Å²) < 4.78 is 0. The number of benzene rings is 1. The molecule has 0 radical (unpaired) electrons. The lowest BCUT2D eigenvalue weighted by Crippen LogP contribution is -2.36. The van der Waals surface area contributed by atoms with E-state index in [9.17, 15) is 0 Å². The van der Waals surface area contributed by atoms with Crippen LogP contribution >= 0.6 is 0 Å². The number of aryl methyl sites for hydroxylation is 1.